The second-order valence-electron chi connectivity index (χ2n) is 5.96. The molecule has 6 heteroatoms. The maximum absolute atomic E-state index is 11.9. The maximum Gasteiger partial charge on any atom is 0.408 e. The van der Waals surface area contributed by atoms with E-state index in [1.165, 1.54) is 4.90 Å². The molecular formula is C13H18N2O4. The zero-order valence-corrected chi connectivity index (χ0v) is 11.2. The lowest BCUT2D eigenvalue weighted by atomic mass is 9.79. The van der Waals surface area contributed by atoms with E-state index in [-0.39, 0.29) is 11.8 Å². The molecule has 1 heterocycles. The fourth-order valence-corrected chi connectivity index (χ4v) is 2.88. The Morgan fingerprint density at radius 3 is 2.53 bits per heavy atom. The molecule has 2 aliphatic rings. The van der Waals surface area contributed by atoms with Gasteiger partial charge in [0.05, 0.1) is 17.9 Å². The molecule has 2 N–H and O–H groups in total. The molecule has 0 spiro atoms. The highest BCUT2D eigenvalue weighted by atomic mass is 16.4. The van der Waals surface area contributed by atoms with Gasteiger partial charge in [-0.2, -0.15) is 0 Å². The standard InChI is InChI=1S/C13H18N2O4/c1-13(2,3)15(12(18)19)8-6-4-5-7-9(8)11(17)14-10(7)16/h4,6-9H,5H2,1-3H3,(H,18,19)(H,14,16,17). The van der Waals surface area contributed by atoms with Gasteiger partial charge in [0, 0.05) is 5.54 Å². The van der Waals surface area contributed by atoms with E-state index < -0.39 is 29.5 Å². The molecule has 1 fully saturated rings. The van der Waals surface area contributed by atoms with Crippen molar-refractivity contribution in [3.8, 4) is 0 Å². The Bertz CT molecular complexity index is 464. The first-order valence-electron chi connectivity index (χ1n) is 6.27. The van der Waals surface area contributed by atoms with Crippen LogP contribution >= 0.6 is 0 Å². The summed E-state index contributed by atoms with van der Waals surface area (Å²) in [7, 11) is 0. The van der Waals surface area contributed by atoms with Gasteiger partial charge in [-0.3, -0.25) is 19.8 Å². The second-order valence-corrected chi connectivity index (χ2v) is 5.96. The van der Waals surface area contributed by atoms with Gasteiger partial charge in [-0.25, -0.2) is 4.79 Å². The summed E-state index contributed by atoms with van der Waals surface area (Å²) >= 11 is 0. The number of allylic oxidation sites excluding steroid dienone is 1. The van der Waals surface area contributed by atoms with Crippen LogP contribution in [0.2, 0.25) is 0 Å². The topological polar surface area (TPSA) is 86.7 Å². The quantitative estimate of drug-likeness (QED) is 0.547. The van der Waals surface area contributed by atoms with Crippen molar-refractivity contribution in [2.75, 3.05) is 0 Å². The van der Waals surface area contributed by atoms with E-state index >= 15 is 0 Å². The normalized spacial score (nSPS) is 29.9. The van der Waals surface area contributed by atoms with Gasteiger partial charge in [0.1, 0.15) is 0 Å². The van der Waals surface area contributed by atoms with Gasteiger partial charge in [-0.15, -0.1) is 0 Å². The van der Waals surface area contributed by atoms with E-state index in [9.17, 15) is 19.5 Å². The third-order valence-corrected chi connectivity index (χ3v) is 3.64. The van der Waals surface area contributed by atoms with Crippen molar-refractivity contribution in [2.24, 2.45) is 11.8 Å². The van der Waals surface area contributed by atoms with E-state index in [1.54, 1.807) is 32.9 Å². The van der Waals surface area contributed by atoms with Gasteiger partial charge in [0.2, 0.25) is 11.8 Å². The van der Waals surface area contributed by atoms with Gasteiger partial charge in [-0.05, 0) is 27.2 Å². The Labute approximate surface area is 111 Å². The molecule has 1 aliphatic heterocycles. The Morgan fingerprint density at radius 2 is 2.00 bits per heavy atom. The lowest BCUT2D eigenvalue weighted by molar-refractivity contribution is -0.126. The average molecular weight is 266 g/mol. The molecule has 3 atom stereocenters. The van der Waals surface area contributed by atoms with Crippen LogP contribution in [0.3, 0.4) is 0 Å². The average Bonchev–Trinajstić information content (AvgIpc) is 2.53. The number of carbonyl (C=O) groups excluding carboxylic acids is 2. The van der Waals surface area contributed by atoms with Crippen LogP contribution in [-0.2, 0) is 9.59 Å². The molecule has 0 bridgehead atoms. The number of nitrogens with zero attached hydrogens (tertiary/aromatic N) is 1. The zero-order chi connectivity index (χ0) is 14.4. The summed E-state index contributed by atoms with van der Waals surface area (Å²) in [4.78, 5) is 36.3. The van der Waals surface area contributed by atoms with Crippen molar-refractivity contribution in [3.63, 3.8) is 0 Å². The molecule has 0 saturated carbocycles. The fourth-order valence-electron chi connectivity index (χ4n) is 2.88. The van der Waals surface area contributed by atoms with Crippen LogP contribution < -0.4 is 5.32 Å². The second kappa shape index (κ2) is 4.36. The number of hydrogen-bond acceptors (Lipinski definition) is 3. The summed E-state index contributed by atoms with van der Waals surface area (Å²) in [6.45, 7) is 5.31. The highest BCUT2D eigenvalue weighted by Gasteiger charge is 2.50. The molecule has 0 radical (unpaired) electrons. The first-order valence-corrected chi connectivity index (χ1v) is 6.27. The predicted molar refractivity (Wildman–Crippen MR) is 67.3 cm³/mol. The van der Waals surface area contributed by atoms with Crippen molar-refractivity contribution >= 4 is 17.9 Å². The summed E-state index contributed by atoms with van der Waals surface area (Å²) in [5, 5.41) is 11.7. The number of hydrogen-bond donors (Lipinski definition) is 2. The molecule has 19 heavy (non-hydrogen) atoms. The summed E-state index contributed by atoms with van der Waals surface area (Å²) < 4.78 is 0. The molecule has 1 saturated heterocycles. The van der Waals surface area contributed by atoms with Gasteiger partial charge in [-0.1, -0.05) is 12.2 Å². The van der Waals surface area contributed by atoms with Crippen molar-refractivity contribution in [1.82, 2.24) is 10.2 Å². The van der Waals surface area contributed by atoms with Crippen molar-refractivity contribution in [1.29, 1.82) is 0 Å². The summed E-state index contributed by atoms with van der Waals surface area (Å²) in [5.41, 5.74) is -0.644. The number of carbonyl (C=O) groups is 3. The highest BCUT2D eigenvalue weighted by Crippen LogP contribution is 2.35. The predicted octanol–water partition coefficient (Wildman–Crippen LogP) is 0.982. The first kappa shape index (κ1) is 13.6. The van der Waals surface area contributed by atoms with E-state index in [0.29, 0.717) is 6.42 Å². The molecule has 1 aliphatic carbocycles. The van der Waals surface area contributed by atoms with Gasteiger partial charge in [0.15, 0.2) is 0 Å². The van der Waals surface area contributed by atoms with E-state index in [2.05, 4.69) is 5.32 Å². The Balaban J connectivity index is 2.40. The smallest absolute Gasteiger partial charge is 0.408 e. The summed E-state index contributed by atoms with van der Waals surface area (Å²) in [6, 6.07) is -0.595. The van der Waals surface area contributed by atoms with Gasteiger partial charge in [0.25, 0.3) is 0 Å². The Kier molecular flexibility index (Phi) is 3.12. The van der Waals surface area contributed by atoms with Crippen LogP contribution in [-0.4, -0.2) is 39.5 Å². The van der Waals surface area contributed by atoms with Crippen LogP contribution in [0.15, 0.2) is 12.2 Å². The number of amides is 3. The van der Waals surface area contributed by atoms with Crippen molar-refractivity contribution in [2.45, 2.75) is 38.8 Å². The number of imide groups is 1. The van der Waals surface area contributed by atoms with Gasteiger partial charge >= 0.3 is 6.09 Å². The Morgan fingerprint density at radius 1 is 1.37 bits per heavy atom. The van der Waals surface area contributed by atoms with Crippen LogP contribution in [0.4, 0.5) is 4.79 Å². The van der Waals surface area contributed by atoms with Gasteiger partial charge < -0.3 is 5.11 Å². The monoisotopic (exact) mass is 266 g/mol. The summed E-state index contributed by atoms with van der Waals surface area (Å²) in [6.07, 6.45) is 2.90. The zero-order valence-electron chi connectivity index (χ0n) is 11.2. The number of nitrogens with one attached hydrogen (secondary N) is 1. The van der Waals surface area contributed by atoms with Crippen LogP contribution in [0.25, 0.3) is 0 Å². The minimum atomic E-state index is -1.09. The number of rotatable bonds is 1. The largest absolute Gasteiger partial charge is 0.465 e. The van der Waals surface area contributed by atoms with E-state index in [0.717, 1.165) is 0 Å². The maximum atomic E-state index is 11.9. The molecule has 0 aromatic heterocycles. The first-order chi connectivity index (χ1) is 8.73. The third kappa shape index (κ3) is 2.22. The molecule has 3 amide bonds. The van der Waals surface area contributed by atoms with Crippen LogP contribution in [0.1, 0.15) is 27.2 Å². The van der Waals surface area contributed by atoms with E-state index in [1.807, 2.05) is 0 Å². The molecule has 3 unspecified atom stereocenters. The summed E-state index contributed by atoms with van der Waals surface area (Å²) in [5.74, 6) is -1.75. The van der Waals surface area contributed by atoms with Crippen LogP contribution in [0.5, 0.6) is 0 Å². The van der Waals surface area contributed by atoms with Crippen LogP contribution in [0, 0.1) is 11.8 Å². The van der Waals surface area contributed by atoms with Crippen molar-refractivity contribution < 1.29 is 19.5 Å². The van der Waals surface area contributed by atoms with E-state index in [4.69, 9.17) is 0 Å². The molecule has 0 aromatic rings. The lowest BCUT2D eigenvalue weighted by Gasteiger charge is -2.42. The van der Waals surface area contributed by atoms with Crippen molar-refractivity contribution in [3.05, 3.63) is 12.2 Å². The molecule has 104 valence electrons. The third-order valence-electron chi connectivity index (χ3n) is 3.64. The highest BCUT2D eigenvalue weighted by molar-refractivity contribution is 6.06. The molecule has 0 aromatic carbocycles. The molecule has 6 nitrogen and oxygen atoms in total. The fraction of sp³-hybridized carbons (Fsp3) is 0.615. The molecule has 2 rings (SSSR count). The minimum absolute atomic E-state index is 0.302. The lowest BCUT2D eigenvalue weighted by Crippen LogP contribution is -2.55. The Hall–Kier alpha value is -1.85. The molecular weight excluding hydrogens is 248 g/mol. The number of carboxylic acid groups (broad SMARTS) is 1. The minimum Gasteiger partial charge on any atom is -0.465 e. The number of fused-ring (bicyclic) bond motifs is 1. The SMILES string of the molecule is CC(C)(C)N(C(=O)O)C1C=CCC2C(=O)NC(=O)C21.